The Morgan fingerprint density at radius 1 is 1.26 bits per heavy atom. The average Bonchev–Trinajstić information content (AvgIpc) is 3.22. The molecule has 7 heteroatoms. The van der Waals surface area contributed by atoms with Crippen molar-refractivity contribution in [2.45, 2.75) is 6.42 Å². The Morgan fingerprint density at radius 2 is 2.09 bits per heavy atom. The maximum Gasteiger partial charge on any atom is 0.227 e. The van der Waals surface area contributed by atoms with Crippen molar-refractivity contribution in [3.63, 3.8) is 0 Å². The SMILES string of the molecule is O=C(C1CCN(c2nc3c(F)cccc3s2)C1)N1CCSCC1. The van der Waals surface area contributed by atoms with Crippen LogP contribution >= 0.6 is 23.1 Å². The number of carbonyl (C=O) groups is 1. The maximum absolute atomic E-state index is 13.8. The van der Waals surface area contributed by atoms with Crippen LogP contribution in [0.15, 0.2) is 18.2 Å². The number of anilines is 1. The summed E-state index contributed by atoms with van der Waals surface area (Å²) in [5.41, 5.74) is 0.440. The van der Waals surface area contributed by atoms with E-state index in [2.05, 4.69) is 9.88 Å². The molecule has 3 heterocycles. The largest absolute Gasteiger partial charge is 0.347 e. The van der Waals surface area contributed by atoms with Crippen molar-refractivity contribution in [2.24, 2.45) is 5.92 Å². The molecule has 0 bridgehead atoms. The van der Waals surface area contributed by atoms with Gasteiger partial charge in [-0.15, -0.1) is 0 Å². The molecule has 2 saturated heterocycles. The molecule has 0 saturated carbocycles. The van der Waals surface area contributed by atoms with E-state index in [4.69, 9.17) is 0 Å². The van der Waals surface area contributed by atoms with E-state index in [1.165, 1.54) is 17.4 Å². The van der Waals surface area contributed by atoms with Crippen LogP contribution < -0.4 is 4.90 Å². The second-order valence-corrected chi connectivity index (χ2v) is 8.19. The molecule has 1 aromatic carbocycles. The smallest absolute Gasteiger partial charge is 0.227 e. The molecule has 122 valence electrons. The third-order valence-corrected chi connectivity index (χ3v) is 6.51. The van der Waals surface area contributed by atoms with Gasteiger partial charge in [-0.1, -0.05) is 17.4 Å². The Kier molecular flexibility index (Phi) is 4.15. The van der Waals surface area contributed by atoms with Gasteiger partial charge < -0.3 is 9.80 Å². The van der Waals surface area contributed by atoms with Crippen LogP contribution in [0, 0.1) is 11.7 Å². The van der Waals surface area contributed by atoms with Gasteiger partial charge in [0.25, 0.3) is 0 Å². The van der Waals surface area contributed by atoms with Crippen molar-refractivity contribution in [3.05, 3.63) is 24.0 Å². The highest BCUT2D eigenvalue weighted by Crippen LogP contribution is 2.33. The summed E-state index contributed by atoms with van der Waals surface area (Å²) in [6.45, 7) is 3.25. The Morgan fingerprint density at radius 3 is 2.87 bits per heavy atom. The summed E-state index contributed by atoms with van der Waals surface area (Å²) in [6, 6.07) is 5.05. The number of aromatic nitrogens is 1. The number of halogens is 1. The molecular weight excluding hydrogens is 333 g/mol. The number of nitrogens with zero attached hydrogens (tertiary/aromatic N) is 3. The van der Waals surface area contributed by atoms with Gasteiger partial charge in [-0.2, -0.15) is 11.8 Å². The second kappa shape index (κ2) is 6.28. The first-order valence-electron chi connectivity index (χ1n) is 7.89. The summed E-state index contributed by atoms with van der Waals surface area (Å²) < 4.78 is 14.7. The minimum absolute atomic E-state index is 0.0509. The Labute approximate surface area is 142 Å². The molecule has 4 rings (SSSR count). The van der Waals surface area contributed by atoms with Crippen molar-refractivity contribution in [3.8, 4) is 0 Å². The van der Waals surface area contributed by atoms with Crippen molar-refractivity contribution < 1.29 is 9.18 Å². The van der Waals surface area contributed by atoms with Crippen LogP contribution in [0.4, 0.5) is 9.52 Å². The zero-order valence-corrected chi connectivity index (χ0v) is 14.3. The fourth-order valence-electron chi connectivity index (χ4n) is 3.22. The lowest BCUT2D eigenvalue weighted by atomic mass is 10.1. The number of benzene rings is 1. The zero-order chi connectivity index (χ0) is 15.8. The van der Waals surface area contributed by atoms with E-state index in [1.54, 1.807) is 6.07 Å². The van der Waals surface area contributed by atoms with Crippen LogP contribution in [0.5, 0.6) is 0 Å². The molecule has 2 fully saturated rings. The summed E-state index contributed by atoms with van der Waals surface area (Å²) in [5, 5.41) is 0.828. The van der Waals surface area contributed by atoms with E-state index in [0.717, 1.165) is 47.4 Å². The molecular formula is C16H18FN3OS2. The quantitative estimate of drug-likeness (QED) is 0.834. The lowest BCUT2D eigenvalue weighted by Crippen LogP contribution is -2.42. The van der Waals surface area contributed by atoms with Crippen LogP contribution in [0.2, 0.25) is 0 Å². The van der Waals surface area contributed by atoms with Gasteiger partial charge in [0.2, 0.25) is 5.91 Å². The number of hydrogen-bond acceptors (Lipinski definition) is 5. The first-order valence-corrected chi connectivity index (χ1v) is 9.86. The van der Waals surface area contributed by atoms with Crippen molar-refractivity contribution in [1.82, 2.24) is 9.88 Å². The molecule has 0 aliphatic carbocycles. The number of fused-ring (bicyclic) bond motifs is 1. The van der Waals surface area contributed by atoms with Gasteiger partial charge in [-0.05, 0) is 18.6 Å². The number of amides is 1. The summed E-state index contributed by atoms with van der Waals surface area (Å²) in [4.78, 5) is 21.2. The molecule has 1 amide bonds. The summed E-state index contributed by atoms with van der Waals surface area (Å²) in [7, 11) is 0. The van der Waals surface area contributed by atoms with E-state index in [1.807, 2.05) is 22.7 Å². The monoisotopic (exact) mass is 351 g/mol. The minimum Gasteiger partial charge on any atom is -0.347 e. The lowest BCUT2D eigenvalue weighted by molar-refractivity contribution is -0.134. The fourth-order valence-corrected chi connectivity index (χ4v) is 5.13. The number of para-hydroxylation sites is 1. The van der Waals surface area contributed by atoms with Crippen LogP contribution in [-0.4, -0.2) is 53.5 Å². The third kappa shape index (κ3) is 2.92. The van der Waals surface area contributed by atoms with E-state index in [-0.39, 0.29) is 17.6 Å². The topological polar surface area (TPSA) is 36.4 Å². The Balaban J connectivity index is 1.48. The van der Waals surface area contributed by atoms with Crippen LogP contribution in [0.3, 0.4) is 0 Å². The van der Waals surface area contributed by atoms with Crippen molar-refractivity contribution in [1.29, 1.82) is 0 Å². The van der Waals surface area contributed by atoms with Gasteiger partial charge in [0, 0.05) is 37.7 Å². The average molecular weight is 351 g/mol. The highest BCUT2D eigenvalue weighted by molar-refractivity contribution is 7.99. The Hall–Kier alpha value is -1.34. The predicted octanol–water partition coefficient (Wildman–Crippen LogP) is 2.84. The third-order valence-electron chi connectivity index (χ3n) is 4.49. The van der Waals surface area contributed by atoms with E-state index >= 15 is 0 Å². The van der Waals surface area contributed by atoms with E-state index in [9.17, 15) is 9.18 Å². The van der Waals surface area contributed by atoms with Crippen LogP contribution in [0.1, 0.15) is 6.42 Å². The molecule has 0 N–H and O–H groups in total. The summed E-state index contributed by atoms with van der Waals surface area (Å²) >= 11 is 3.42. The van der Waals surface area contributed by atoms with Gasteiger partial charge in [-0.25, -0.2) is 9.37 Å². The lowest BCUT2D eigenvalue weighted by Gasteiger charge is -2.28. The molecule has 0 spiro atoms. The molecule has 0 radical (unpaired) electrons. The number of hydrogen-bond donors (Lipinski definition) is 0. The summed E-state index contributed by atoms with van der Waals surface area (Å²) in [5.74, 6) is 2.14. The normalized spacial score (nSPS) is 22.0. The first kappa shape index (κ1) is 15.2. The molecule has 1 aromatic heterocycles. The zero-order valence-electron chi connectivity index (χ0n) is 12.7. The summed E-state index contributed by atoms with van der Waals surface area (Å²) in [6.07, 6.45) is 0.862. The number of rotatable bonds is 2. The molecule has 2 aromatic rings. The predicted molar refractivity (Wildman–Crippen MR) is 93.8 cm³/mol. The molecule has 1 atom stereocenters. The number of carbonyl (C=O) groups excluding carboxylic acids is 1. The molecule has 2 aliphatic heterocycles. The van der Waals surface area contributed by atoms with Crippen LogP contribution in [-0.2, 0) is 4.79 Å². The number of thiazole rings is 1. The van der Waals surface area contributed by atoms with Gasteiger partial charge in [0.15, 0.2) is 5.13 Å². The van der Waals surface area contributed by atoms with Crippen LogP contribution in [0.25, 0.3) is 10.2 Å². The van der Waals surface area contributed by atoms with E-state index < -0.39 is 0 Å². The Bertz CT molecular complexity index is 729. The highest BCUT2D eigenvalue weighted by Gasteiger charge is 2.33. The standard InChI is InChI=1S/C16H18FN3OS2/c17-12-2-1-3-13-14(12)18-16(23-13)20-5-4-11(10-20)15(21)19-6-8-22-9-7-19/h1-3,11H,4-10H2. The van der Waals surface area contributed by atoms with E-state index in [0.29, 0.717) is 12.1 Å². The number of thioether (sulfide) groups is 1. The van der Waals surface area contributed by atoms with Gasteiger partial charge in [-0.3, -0.25) is 4.79 Å². The van der Waals surface area contributed by atoms with Gasteiger partial charge in [0.1, 0.15) is 11.3 Å². The molecule has 23 heavy (non-hydrogen) atoms. The highest BCUT2D eigenvalue weighted by atomic mass is 32.2. The van der Waals surface area contributed by atoms with Gasteiger partial charge >= 0.3 is 0 Å². The minimum atomic E-state index is -0.275. The van der Waals surface area contributed by atoms with Crippen molar-refractivity contribution in [2.75, 3.05) is 42.6 Å². The molecule has 1 unspecified atom stereocenters. The molecule has 4 nitrogen and oxygen atoms in total. The van der Waals surface area contributed by atoms with Crippen molar-refractivity contribution >= 4 is 44.4 Å². The fraction of sp³-hybridized carbons (Fsp3) is 0.500. The second-order valence-electron chi connectivity index (χ2n) is 5.95. The van der Waals surface area contributed by atoms with Gasteiger partial charge in [0.05, 0.1) is 10.6 Å². The first-order chi connectivity index (χ1) is 11.2. The maximum atomic E-state index is 13.8. The molecule has 2 aliphatic rings.